The fraction of sp³-hybridized carbons (Fsp3) is 0.192. The van der Waals surface area contributed by atoms with Gasteiger partial charge in [0.15, 0.2) is 0 Å². The first-order chi connectivity index (χ1) is 16.9. The van der Waals surface area contributed by atoms with Crippen LogP contribution in [0.2, 0.25) is 10.0 Å². The van der Waals surface area contributed by atoms with Crippen LogP contribution in [0.4, 0.5) is 5.69 Å². The maximum Gasteiger partial charge on any atom is 0.245 e. The molecule has 1 atom stereocenters. The van der Waals surface area contributed by atoms with Gasteiger partial charge in [0.25, 0.3) is 0 Å². The second-order valence-corrected chi connectivity index (χ2v) is 8.71. The Morgan fingerprint density at radius 1 is 1.09 bits per heavy atom. The maximum atomic E-state index is 12.6. The number of benzene rings is 3. The van der Waals surface area contributed by atoms with E-state index in [1.807, 2.05) is 12.1 Å². The summed E-state index contributed by atoms with van der Waals surface area (Å²) in [6.07, 6.45) is 1.65. The summed E-state index contributed by atoms with van der Waals surface area (Å²) in [5.74, 6) is 0.393. The Morgan fingerprint density at radius 2 is 1.80 bits per heavy atom. The number of nitrogens with zero attached hydrogens (tertiary/aromatic N) is 2. The second-order valence-electron chi connectivity index (χ2n) is 7.90. The van der Waals surface area contributed by atoms with E-state index in [4.69, 9.17) is 32.7 Å². The van der Waals surface area contributed by atoms with Crippen LogP contribution in [0.25, 0.3) is 0 Å². The average Bonchev–Trinajstić information content (AvgIpc) is 3.25. The summed E-state index contributed by atoms with van der Waals surface area (Å²) in [6, 6.07) is 19.7. The van der Waals surface area contributed by atoms with E-state index in [9.17, 15) is 9.59 Å². The van der Waals surface area contributed by atoms with Crippen molar-refractivity contribution in [3.8, 4) is 11.5 Å². The number of carbonyl (C=O) groups is 2. The summed E-state index contributed by atoms with van der Waals surface area (Å²) in [7, 11) is 1.58. The molecular weight excluding hydrogens is 489 g/mol. The highest BCUT2D eigenvalue weighted by molar-refractivity contribution is 6.35. The predicted octanol–water partition coefficient (Wildman–Crippen LogP) is 5.08. The number of amides is 2. The van der Waals surface area contributed by atoms with Crippen LogP contribution in [0, 0.1) is 5.92 Å². The van der Waals surface area contributed by atoms with Crippen LogP contribution in [0.5, 0.6) is 11.5 Å². The van der Waals surface area contributed by atoms with Crippen molar-refractivity contribution in [2.24, 2.45) is 11.0 Å². The molecule has 0 radical (unpaired) electrons. The minimum atomic E-state index is -0.489. The normalized spacial score (nSPS) is 15.5. The van der Waals surface area contributed by atoms with Crippen LogP contribution in [0.15, 0.2) is 71.8 Å². The number of rotatable bonds is 8. The summed E-state index contributed by atoms with van der Waals surface area (Å²) in [6.45, 7) is 0.511. The molecule has 1 N–H and O–H groups in total. The van der Waals surface area contributed by atoms with E-state index in [-0.39, 0.29) is 24.8 Å². The van der Waals surface area contributed by atoms with E-state index in [2.05, 4.69) is 10.5 Å². The van der Waals surface area contributed by atoms with E-state index < -0.39 is 5.92 Å². The zero-order valence-electron chi connectivity index (χ0n) is 18.9. The van der Waals surface area contributed by atoms with E-state index >= 15 is 0 Å². The standard InChI is InChI=1S/C26H23Cl2N3O4/c1-34-20-10-8-19(9-11-20)31-15-18(13-25(31)32)26(33)30-29-14-17-4-2-5-21(12-17)35-16-22-23(27)6-3-7-24(22)28/h2-12,14,18H,13,15-16H2,1H3,(H,30,33)/b29-14+/t18-/m1/s1. The Kier molecular flexibility index (Phi) is 7.90. The summed E-state index contributed by atoms with van der Waals surface area (Å²) >= 11 is 12.4. The zero-order chi connectivity index (χ0) is 24.8. The number of ether oxygens (including phenoxy) is 2. The molecule has 0 bridgehead atoms. The molecule has 0 saturated carbocycles. The van der Waals surface area contributed by atoms with Gasteiger partial charge in [-0.15, -0.1) is 0 Å². The van der Waals surface area contributed by atoms with E-state index in [0.29, 0.717) is 33.7 Å². The number of hydrogen-bond acceptors (Lipinski definition) is 5. The summed E-state index contributed by atoms with van der Waals surface area (Å²) in [5.41, 5.74) is 4.70. The highest BCUT2D eigenvalue weighted by Crippen LogP contribution is 2.27. The third kappa shape index (κ3) is 6.12. The van der Waals surface area contributed by atoms with Gasteiger partial charge in [-0.25, -0.2) is 5.43 Å². The molecule has 3 aromatic carbocycles. The van der Waals surface area contributed by atoms with Gasteiger partial charge in [0.1, 0.15) is 18.1 Å². The highest BCUT2D eigenvalue weighted by atomic mass is 35.5. The maximum absolute atomic E-state index is 12.6. The van der Waals surface area contributed by atoms with Crippen LogP contribution < -0.4 is 19.8 Å². The summed E-state index contributed by atoms with van der Waals surface area (Å²) in [5, 5.41) is 5.12. The Hall–Kier alpha value is -3.55. The molecule has 180 valence electrons. The van der Waals surface area contributed by atoms with Crippen molar-refractivity contribution < 1.29 is 19.1 Å². The molecular formula is C26H23Cl2N3O4. The third-order valence-electron chi connectivity index (χ3n) is 5.57. The minimum Gasteiger partial charge on any atom is -0.497 e. The van der Waals surface area contributed by atoms with Crippen LogP contribution in [0.3, 0.4) is 0 Å². The van der Waals surface area contributed by atoms with E-state index in [1.54, 1.807) is 66.6 Å². The Balaban J connectivity index is 1.32. The fourth-order valence-corrected chi connectivity index (χ4v) is 4.17. The predicted molar refractivity (Wildman–Crippen MR) is 136 cm³/mol. The summed E-state index contributed by atoms with van der Waals surface area (Å²) in [4.78, 5) is 26.6. The summed E-state index contributed by atoms with van der Waals surface area (Å²) < 4.78 is 11.0. The molecule has 1 heterocycles. The molecule has 1 aliphatic rings. The molecule has 7 nitrogen and oxygen atoms in total. The highest BCUT2D eigenvalue weighted by Gasteiger charge is 2.35. The quantitative estimate of drug-likeness (QED) is 0.337. The Morgan fingerprint density at radius 3 is 2.51 bits per heavy atom. The molecule has 1 saturated heterocycles. The molecule has 3 aromatic rings. The first-order valence-corrected chi connectivity index (χ1v) is 11.6. The molecule has 1 fully saturated rings. The molecule has 0 spiro atoms. The van der Waals surface area contributed by atoms with Gasteiger partial charge in [0.05, 0.1) is 19.2 Å². The van der Waals surface area contributed by atoms with Crippen LogP contribution >= 0.6 is 23.2 Å². The minimum absolute atomic E-state index is 0.109. The number of hydrogen-bond donors (Lipinski definition) is 1. The van der Waals surface area contributed by atoms with Crippen molar-refractivity contribution in [2.45, 2.75) is 13.0 Å². The number of nitrogens with one attached hydrogen (secondary N) is 1. The number of hydrazone groups is 1. The first-order valence-electron chi connectivity index (χ1n) is 10.9. The molecule has 0 aromatic heterocycles. The van der Waals surface area contributed by atoms with Gasteiger partial charge in [-0.2, -0.15) is 5.10 Å². The lowest BCUT2D eigenvalue weighted by atomic mass is 10.1. The van der Waals surface area contributed by atoms with Gasteiger partial charge < -0.3 is 14.4 Å². The zero-order valence-corrected chi connectivity index (χ0v) is 20.4. The monoisotopic (exact) mass is 511 g/mol. The van der Waals surface area contributed by atoms with Crippen LogP contribution in [0.1, 0.15) is 17.5 Å². The SMILES string of the molecule is COc1ccc(N2C[C@H](C(=O)N/N=C/c3cccc(OCc4c(Cl)cccc4Cl)c3)CC2=O)cc1. The van der Waals surface area contributed by atoms with Gasteiger partial charge in [-0.05, 0) is 54.1 Å². The molecule has 2 amide bonds. The largest absolute Gasteiger partial charge is 0.497 e. The topological polar surface area (TPSA) is 80.2 Å². The molecule has 35 heavy (non-hydrogen) atoms. The van der Waals surface area contributed by atoms with Gasteiger partial charge >= 0.3 is 0 Å². The van der Waals surface area contributed by atoms with Crippen LogP contribution in [-0.4, -0.2) is 31.7 Å². The van der Waals surface area contributed by atoms with E-state index in [0.717, 1.165) is 11.3 Å². The smallest absolute Gasteiger partial charge is 0.245 e. The van der Waals surface area contributed by atoms with Crippen molar-refractivity contribution in [1.29, 1.82) is 0 Å². The van der Waals surface area contributed by atoms with Crippen molar-refractivity contribution in [2.75, 3.05) is 18.6 Å². The number of anilines is 1. The Labute approximate surface area is 213 Å². The lowest BCUT2D eigenvalue weighted by Gasteiger charge is -2.16. The van der Waals surface area contributed by atoms with Gasteiger partial charge in [0, 0.05) is 34.3 Å². The Bertz CT molecular complexity index is 1230. The second kappa shape index (κ2) is 11.3. The number of halogens is 2. The van der Waals surface area contributed by atoms with Crippen molar-refractivity contribution in [1.82, 2.24) is 5.43 Å². The number of carbonyl (C=O) groups excluding carboxylic acids is 2. The molecule has 9 heteroatoms. The third-order valence-corrected chi connectivity index (χ3v) is 6.28. The fourth-order valence-electron chi connectivity index (χ4n) is 3.67. The molecule has 0 aliphatic carbocycles. The van der Waals surface area contributed by atoms with Crippen molar-refractivity contribution in [3.05, 3.63) is 87.9 Å². The average molecular weight is 512 g/mol. The van der Waals surface area contributed by atoms with Crippen molar-refractivity contribution >= 4 is 46.9 Å². The first kappa shape index (κ1) is 24.6. The molecule has 4 rings (SSSR count). The van der Waals surface area contributed by atoms with Gasteiger partial charge in [-0.1, -0.05) is 41.4 Å². The number of methoxy groups -OCH3 is 1. The lowest BCUT2D eigenvalue weighted by molar-refractivity contribution is -0.126. The van der Waals surface area contributed by atoms with Crippen molar-refractivity contribution in [3.63, 3.8) is 0 Å². The van der Waals surface area contributed by atoms with E-state index in [1.165, 1.54) is 6.21 Å². The van der Waals surface area contributed by atoms with Gasteiger partial charge in [-0.3, -0.25) is 9.59 Å². The molecule has 1 aliphatic heterocycles. The molecule has 0 unspecified atom stereocenters. The van der Waals surface area contributed by atoms with Crippen LogP contribution in [-0.2, 0) is 16.2 Å². The van der Waals surface area contributed by atoms with Gasteiger partial charge in [0.2, 0.25) is 11.8 Å². The lowest BCUT2D eigenvalue weighted by Crippen LogP contribution is -2.30.